The second-order valence-corrected chi connectivity index (χ2v) is 7.62. The number of ether oxygens (including phenoxy) is 2. The number of halogens is 3. The monoisotopic (exact) mass is 418 g/mol. The Kier molecular flexibility index (Phi) is 6.92. The van der Waals surface area contributed by atoms with Gasteiger partial charge in [0.2, 0.25) is 16.8 Å². The van der Waals surface area contributed by atoms with Gasteiger partial charge in [0.05, 0.1) is 11.7 Å². The molecule has 1 aromatic carbocycles. The van der Waals surface area contributed by atoms with Crippen LogP contribution in [0.1, 0.15) is 20.1 Å². The predicted molar refractivity (Wildman–Crippen MR) is 98.6 cm³/mol. The molecule has 0 bridgehead atoms. The second-order valence-electron chi connectivity index (χ2n) is 6.09. The molecule has 140 valence electrons. The number of ketones is 1. The largest absolute Gasteiger partial charge is 0.463 e. The van der Waals surface area contributed by atoms with E-state index in [0.717, 1.165) is 0 Å². The SMILES string of the molecule is CC(C)(COC(=O)C(Cl)Cl)C(=O)C(Oc1ccc(Cl)cc1)n1ccnc1. The Morgan fingerprint density at radius 1 is 1.23 bits per heavy atom. The van der Waals surface area contributed by atoms with Crippen LogP contribution in [0, 0.1) is 5.41 Å². The minimum absolute atomic E-state index is 0.199. The van der Waals surface area contributed by atoms with Crippen molar-refractivity contribution in [3.8, 4) is 5.75 Å². The molecule has 0 saturated carbocycles. The van der Waals surface area contributed by atoms with Crippen molar-refractivity contribution in [1.29, 1.82) is 0 Å². The van der Waals surface area contributed by atoms with Crippen LogP contribution < -0.4 is 4.74 Å². The summed E-state index contributed by atoms with van der Waals surface area (Å²) in [6.07, 6.45) is 3.60. The number of imidazole rings is 1. The summed E-state index contributed by atoms with van der Waals surface area (Å²) in [6, 6.07) is 6.61. The van der Waals surface area contributed by atoms with E-state index in [1.807, 2.05) is 0 Å². The fraction of sp³-hybridized carbons (Fsp3) is 0.353. The molecule has 2 rings (SSSR count). The molecule has 0 amide bonds. The van der Waals surface area contributed by atoms with Gasteiger partial charge in [-0.3, -0.25) is 9.36 Å². The molecule has 0 saturated heterocycles. The Labute approximate surface area is 166 Å². The highest BCUT2D eigenvalue weighted by Crippen LogP contribution is 2.28. The molecule has 6 nitrogen and oxygen atoms in total. The maximum atomic E-state index is 13.1. The first-order valence-electron chi connectivity index (χ1n) is 7.59. The van der Waals surface area contributed by atoms with E-state index in [9.17, 15) is 9.59 Å². The van der Waals surface area contributed by atoms with E-state index in [0.29, 0.717) is 10.8 Å². The number of carbonyl (C=O) groups is 2. The fourth-order valence-corrected chi connectivity index (χ4v) is 2.27. The zero-order valence-corrected chi connectivity index (χ0v) is 16.3. The minimum Gasteiger partial charge on any atom is -0.463 e. The molecular formula is C17H17Cl3N2O4. The van der Waals surface area contributed by atoms with Gasteiger partial charge in [0, 0.05) is 17.4 Å². The number of Topliss-reactive ketones (excluding diaryl/α,β-unsaturated/α-hetero) is 1. The predicted octanol–water partition coefficient (Wildman–Crippen LogP) is 4.06. The van der Waals surface area contributed by atoms with Gasteiger partial charge in [0.1, 0.15) is 12.4 Å². The molecule has 0 aliphatic heterocycles. The summed E-state index contributed by atoms with van der Waals surface area (Å²) >= 11 is 16.8. The molecule has 2 aromatic rings. The van der Waals surface area contributed by atoms with Crippen molar-refractivity contribution in [3.05, 3.63) is 48.0 Å². The van der Waals surface area contributed by atoms with Crippen LogP contribution in [0.15, 0.2) is 43.0 Å². The number of hydrogen-bond donors (Lipinski definition) is 0. The van der Waals surface area contributed by atoms with Crippen LogP contribution in [0.25, 0.3) is 0 Å². The number of hydrogen-bond acceptors (Lipinski definition) is 5. The maximum absolute atomic E-state index is 13.1. The first kappa shape index (κ1) is 20.6. The Morgan fingerprint density at radius 3 is 2.42 bits per heavy atom. The molecule has 1 unspecified atom stereocenters. The van der Waals surface area contributed by atoms with Gasteiger partial charge in [-0.05, 0) is 38.1 Å². The van der Waals surface area contributed by atoms with E-state index < -0.39 is 22.4 Å². The van der Waals surface area contributed by atoms with Gasteiger partial charge in [0.25, 0.3) is 0 Å². The zero-order chi connectivity index (χ0) is 19.3. The summed E-state index contributed by atoms with van der Waals surface area (Å²) in [5, 5.41) is 0.548. The normalized spacial score (nSPS) is 12.7. The number of benzene rings is 1. The number of nitrogens with zero attached hydrogens (tertiary/aromatic N) is 2. The van der Waals surface area contributed by atoms with E-state index >= 15 is 0 Å². The third kappa shape index (κ3) is 5.37. The molecule has 0 radical (unpaired) electrons. The molecule has 0 aliphatic rings. The van der Waals surface area contributed by atoms with Crippen LogP contribution in [0.3, 0.4) is 0 Å². The molecule has 0 N–H and O–H groups in total. The van der Waals surface area contributed by atoms with E-state index in [1.54, 1.807) is 44.3 Å². The summed E-state index contributed by atoms with van der Waals surface area (Å²) in [5.74, 6) is -0.679. The molecule has 9 heteroatoms. The molecular weight excluding hydrogens is 403 g/mol. The number of aromatic nitrogens is 2. The quantitative estimate of drug-likeness (QED) is 0.477. The van der Waals surface area contributed by atoms with Crippen LogP contribution in [0.2, 0.25) is 5.02 Å². The van der Waals surface area contributed by atoms with Gasteiger partial charge in [-0.1, -0.05) is 34.8 Å². The maximum Gasteiger partial charge on any atom is 0.339 e. The molecule has 1 aromatic heterocycles. The molecule has 1 heterocycles. The van der Waals surface area contributed by atoms with Gasteiger partial charge in [-0.2, -0.15) is 0 Å². The van der Waals surface area contributed by atoms with Gasteiger partial charge in [-0.25, -0.2) is 9.78 Å². The van der Waals surface area contributed by atoms with Gasteiger partial charge < -0.3 is 9.47 Å². The van der Waals surface area contributed by atoms with Crippen molar-refractivity contribution in [1.82, 2.24) is 9.55 Å². The van der Waals surface area contributed by atoms with Crippen molar-refractivity contribution in [2.75, 3.05) is 6.61 Å². The standard InChI is InChI=1S/C17H17Cl3N2O4/c1-17(2,9-25-16(24)14(19)20)13(23)15(22-8-7-21-10-22)26-12-5-3-11(18)4-6-12/h3-8,10,14-15H,9H2,1-2H3. The van der Waals surface area contributed by atoms with Crippen molar-refractivity contribution in [2.24, 2.45) is 5.41 Å². The highest BCUT2D eigenvalue weighted by atomic mass is 35.5. The van der Waals surface area contributed by atoms with Crippen molar-refractivity contribution < 1.29 is 19.1 Å². The van der Waals surface area contributed by atoms with E-state index in [4.69, 9.17) is 44.3 Å². The fourth-order valence-electron chi connectivity index (χ4n) is 2.02. The summed E-state index contributed by atoms with van der Waals surface area (Å²) < 4.78 is 12.4. The third-order valence-corrected chi connectivity index (χ3v) is 4.11. The molecule has 26 heavy (non-hydrogen) atoms. The van der Waals surface area contributed by atoms with Crippen LogP contribution >= 0.6 is 34.8 Å². The highest BCUT2D eigenvalue weighted by molar-refractivity contribution is 6.52. The number of carbonyl (C=O) groups excluding carboxylic acids is 2. The third-order valence-electron chi connectivity index (χ3n) is 3.50. The zero-order valence-electron chi connectivity index (χ0n) is 14.1. The van der Waals surface area contributed by atoms with Crippen molar-refractivity contribution >= 4 is 46.6 Å². The van der Waals surface area contributed by atoms with Crippen LogP contribution in [0.4, 0.5) is 0 Å². The average Bonchev–Trinajstić information content (AvgIpc) is 3.12. The summed E-state index contributed by atoms with van der Waals surface area (Å²) in [5.41, 5.74) is -1.06. The number of esters is 1. The Bertz CT molecular complexity index is 746. The first-order valence-corrected chi connectivity index (χ1v) is 8.84. The van der Waals surface area contributed by atoms with E-state index in [1.165, 1.54) is 17.1 Å². The number of rotatable bonds is 8. The summed E-state index contributed by atoms with van der Waals surface area (Å²) in [6.45, 7) is 3.07. The van der Waals surface area contributed by atoms with Crippen LogP contribution in [-0.2, 0) is 14.3 Å². The first-order chi connectivity index (χ1) is 12.2. The number of alkyl halides is 2. The lowest BCUT2D eigenvalue weighted by molar-refractivity contribution is -0.151. The smallest absolute Gasteiger partial charge is 0.339 e. The van der Waals surface area contributed by atoms with Gasteiger partial charge in [-0.15, -0.1) is 0 Å². The Morgan fingerprint density at radius 2 is 1.88 bits per heavy atom. The average molecular weight is 420 g/mol. The summed E-state index contributed by atoms with van der Waals surface area (Å²) in [7, 11) is 0. The Hall–Kier alpha value is -1.76. The minimum atomic E-state index is -1.31. The van der Waals surface area contributed by atoms with E-state index in [-0.39, 0.29) is 12.4 Å². The molecule has 0 fully saturated rings. The summed E-state index contributed by atoms with van der Waals surface area (Å²) in [4.78, 5) is 27.2. The van der Waals surface area contributed by atoms with Crippen molar-refractivity contribution in [3.63, 3.8) is 0 Å². The lowest BCUT2D eigenvalue weighted by atomic mass is 9.88. The highest BCUT2D eigenvalue weighted by Gasteiger charge is 2.38. The second kappa shape index (κ2) is 8.75. The topological polar surface area (TPSA) is 70.4 Å². The lowest BCUT2D eigenvalue weighted by Crippen LogP contribution is -2.39. The Balaban J connectivity index is 2.19. The molecule has 0 aliphatic carbocycles. The van der Waals surface area contributed by atoms with Gasteiger partial charge in [0.15, 0.2) is 0 Å². The van der Waals surface area contributed by atoms with Crippen LogP contribution in [-0.4, -0.2) is 32.7 Å². The van der Waals surface area contributed by atoms with Crippen LogP contribution in [0.5, 0.6) is 5.75 Å². The van der Waals surface area contributed by atoms with Gasteiger partial charge >= 0.3 is 5.97 Å². The van der Waals surface area contributed by atoms with E-state index in [2.05, 4.69) is 4.98 Å². The van der Waals surface area contributed by atoms with Crippen molar-refractivity contribution in [2.45, 2.75) is 24.9 Å². The molecule has 0 spiro atoms. The lowest BCUT2D eigenvalue weighted by Gasteiger charge is -2.28. The molecule has 1 atom stereocenters.